The summed E-state index contributed by atoms with van der Waals surface area (Å²) in [6.45, 7) is 0. The van der Waals surface area contributed by atoms with E-state index in [-0.39, 0.29) is 0 Å². The van der Waals surface area contributed by atoms with Crippen LogP contribution in [0.2, 0.25) is 0 Å². The Morgan fingerprint density at radius 2 is 0.500 bits per heavy atom. The molecule has 0 spiro atoms. The van der Waals surface area contributed by atoms with E-state index < -0.39 is 22.4 Å². The van der Waals surface area contributed by atoms with Crippen molar-refractivity contribution >= 4 is 0 Å². The summed E-state index contributed by atoms with van der Waals surface area (Å²) in [7, 11) is 6.93. The summed E-state index contributed by atoms with van der Waals surface area (Å²) >= 11 is 0. The zero-order valence-electron chi connectivity index (χ0n) is 22.2. The third-order valence-electron chi connectivity index (χ3n) is 8.46. The van der Waals surface area contributed by atoms with Gasteiger partial charge in [0.05, 0.1) is 0 Å². The molecule has 0 aromatic heterocycles. The predicted octanol–water partition coefficient (Wildman–Crippen LogP) is 6.69. The third-order valence-corrected chi connectivity index (χ3v) is 8.46. The quantitative estimate of drug-likeness (QED) is 0.371. The lowest BCUT2D eigenvalue weighted by Crippen LogP contribution is -2.34. The maximum absolute atomic E-state index is 6.08. The summed E-state index contributed by atoms with van der Waals surface area (Å²) in [5.41, 5.74) is 3.66. The molecule has 0 saturated heterocycles. The number of hydrogen-bond donors (Lipinski definition) is 0. The van der Waals surface area contributed by atoms with Crippen molar-refractivity contribution in [1.82, 2.24) is 0 Å². The summed E-state index contributed by atoms with van der Waals surface area (Å²) in [5, 5.41) is 0. The highest BCUT2D eigenvalue weighted by atomic mass is 16.5. The summed E-state index contributed by atoms with van der Waals surface area (Å²) in [6, 6.07) is 25.5. The first-order valence-corrected chi connectivity index (χ1v) is 12.8. The van der Waals surface area contributed by atoms with Crippen LogP contribution in [-0.4, -0.2) is 28.4 Å². The number of methoxy groups -OCH3 is 4. The molecule has 0 N–H and O–H groups in total. The minimum atomic E-state index is -0.702. The standard InChI is InChI=1S/C34H32O4/c1-35-31-17-21-33(37-3,22-18-31)29-13-15-30(16-14-29)34(38-4)23-19-32(36-2,20-24-34)28-11-7-26(8-12-28)25-5-9-27(31)10-6-25/h5-24H,1-4H3. The molecule has 0 radical (unpaired) electrons. The Balaban J connectivity index is 1.55. The lowest BCUT2D eigenvalue weighted by Gasteiger charge is -2.37. The van der Waals surface area contributed by atoms with Crippen LogP contribution in [0.5, 0.6) is 0 Å². The average Bonchev–Trinajstić information content (AvgIpc) is 3.01. The first-order valence-electron chi connectivity index (χ1n) is 12.8. The second kappa shape index (κ2) is 9.04. The van der Waals surface area contributed by atoms with Crippen LogP contribution in [0.4, 0.5) is 0 Å². The average molecular weight is 505 g/mol. The van der Waals surface area contributed by atoms with Crippen molar-refractivity contribution < 1.29 is 18.9 Å². The summed E-state index contributed by atoms with van der Waals surface area (Å²) in [5.74, 6) is 0. The van der Waals surface area contributed by atoms with Crippen LogP contribution >= 0.6 is 0 Å². The maximum atomic E-state index is 6.08. The van der Waals surface area contributed by atoms with Gasteiger partial charge >= 0.3 is 0 Å². The highest BCUT2D eigenvalue weighted by Gasteiger charge is 2.39. The van der Waals surface area contributed by atoms with Gasteiger partial charge in [-0.3, -0.25) is 0 Å². The molecule has 13 aliphatic carbocycles. The molecule has 3 aromatic carbocycles. The van der Waals surface area contributed by atoms with Crippen LogP contribution in [0, 0.1) is 0 Å². The molecule has 0 unspecified atom stereocenters. The van der Waals surface area contributed by atoms with Crippen LogP contribution in [0.25, 0.3) is 11.1 Å². The Morgan fingerprint density at radius 3 is 0.684 bits per heavy atom. The maximum Gasteiger partial charge on any atom is 0.129 e. The molecule has 4 heteroatoms. The molecule has 13 aliphatic rings. The Bertz CT molecular complexity index is 1300. The van der Waals surface area contributed by atoms with Gasteiger partial charge in [-0.25, -0.2) is 0 Å². The van der Waals surface area contributed by atoms with Crippen molar-refractivity contribution in [1.29, 1.82) is 0 Å². The molecule has 16 rings (SSSR count). The van der Waals surface area contributed by atoms with Gasteiger partial charge in [-0.1, -0.05) is 72.8 Å². The molecule has 0 amide bonds. The van der Waals surface area contributed by atoms with Crippen molar-refractivity contribution in [2.75, 3.05) is 28.4 Å². The van der Waals surface area contributed by atoms with E-state index in [1.54, 1.807) is 28.4 Å². The van der Waals surface area contributed by atoms with E-state index in [1.807, 2.05) is 0 Å². The van der Waals surface area contributed by atoms with Crippen molar-refractivity contribution in [3.05, 3.63) is 144 Å². The molecule has 0 fully saturated rings. The van der Waals surface area contributed by atoms with Gasteiger partial charge in [0, 0.05) is 28.4 Å². The summed E-state index contributed by atoms with van der Waals surface area (Å²) in [4.78, 5) is 0. The zero-order valence-corrected chi connectivity index (χ0v) is 22.2. The second-order valence-corrected chi connectivity index (χ2v) is 10.1. The van der Waals surface area contributed by atoms with E-state index in [2.05, 4.69) is 121 Å². The molecular formula is C34H32O4. The van der Waals surface area contributed by atoms with E-state index in [1.165, 1.54) is 0 Å². The monoisotopic (exact) mass is 504 g/mol. The number of ether oxygens (including phenoxy) is 4. The fourth-order valence-electron chi connectivity index (χ4n) is 5.84. The number of benzene rings is 3. The lowest BCUT2D eigenvalue weighted by molar-refractivity contribution is 0.0406. The number of rotatable bonds is 4. The molecule has 3 aromatic rings. The van der Waals surface area contributed by atoms with Gasteiger partial charge in [0.25, 0.3) is 0 Å². The Hall–Kier alpha value is -3.54. The SMILES string of the molecule is COC12C=CC(OC)(C=C1)c1ccc(cc1)C1(OC)C=CC(OC)(C=C1)c1ccc(cc1)-c1ccc2cc1. The molecule has 192 valence electrons. The van der Waals surface area contributed by atoms with Crippen LogP contribution < -0.4 is 0 Å². The fourth-order valence-corrected chi connectivity index (χ4v) is 5.84. The van der Waals surface area contributed by atoms with E-state index in [0.29, 0.717) is 0 Å². The topological polar surface area (TPSA) is 36.9 Å². The predicted molar refractivity (Wildman–Crippen MR) is 150 cm³/mol. The Morgan fingerprint density at radius 1 is 0.316 bits per heavy atom. The van der Waals surface area contributed by atoms with Gasteiger partial charge < -0.3 is 18.9 Å². The highest BCUT2D eigenvalue weighted by molar-refractivity contribution is 5.65. The Kier molecular flexibility index (Phi) is 5.89. The van der Waals surface area contributed by atoms with E-state index in [4.69, 9.17) is 18.9 Å². The van der Waals surface area contributed by atoms with Gasteiger partial charge in [0.15, 0.2) is 0 Å². The minimum absolute atomic E-state index is 0.676. The normalized spacial score (nSPS) is 30.5. The van der Waals surface area contributed by atoms with Crippen molar-refractivity contribution in [2.24, 2.45) is 0 Å². The van der Waals surface area contributed by atoms with E-state index in [9.17, 15) is 0 Å². The van der Waals surface area contributed by atoms with E-state index in [0.717, 1.165) is 33.4 Å². The molecule has 0 aliphatic heterocycles. The summed E-state index contributed by atoms with van der Waals surface area (Å²) in [6.07, 6.45) is 16.7. The lowest BCUT2D eigenvalue weighted by atomic mass is 9.78. The fraction of sp³-hybridized carbons (Fsp3) is 0.235. The first-order chi connectivity index (χ1) is 18.5. The van der Waals surface area contributed by atoms with Crippen molar-refractivity contribution in [3.8, 4) is 11.1 Å². The van der Waals surface area contributed by atoms with Crippen LogP contribution in [0.1, 0.15) is 22.3 Å². The van der Waals surface area contributed by atoms with Gasteiger partial charge in [-0.15, -0.1) is 0 Å². The van der Waals surface area contributed by atoms with Gasteiger partial charge in [-0.05, 0) is 82.0 Å². The van der Waals surface area contributed by atoms with Crippen LogP contribution in [0.3, 0.4) is 0 Å². The molecular weight excluding hydrogens is 472 g/mol. The molecule has 0 saturated carbocycles. The Labute approximate surface area is 224 Å². The van der Waals surface area contributed by atoms with E-state index >= 15 is 0 Å². The number of hydrogen-bond acceptors (Lipinski definition) is 4. The second-order valence-electron chi connectivity index (χ2n) is 10.1. The smallest absolute Gasteiger partial charge is 0.129 e. The molecule has 10 bridgehead atoms. The molecule has 0 atom stereocenters. The van der Waals surface area contributed by atoms with Gasteiger partial charge in [-0.2, -0.15) is 0 Å². The van der Waals surface area contributed by atoms with Gasteiger partial charge in [0.2, 0.25) is 0 Å². The molecule has 0 heterocycles. The molecule has 4 nitrogen and oxygen atoms in total. The zero-order chi connectivity index (χ0) is 26.4. The van der Waals surface area contributed by atoms with Crippen LogP contribution in [0.15, 0.2) is 121 Å². The van der Waals surface area contributed by atoms with Crippen LogP contribution in [-0.2, 0) is 41.4 Å². The van der Waals surface area contributed by atoms with Crippen molar-refractivity contribution in [2.45, 2.75) is 22.4 Å². The van der Waals surface area contributed by atoms with Gasteiger partial charge in [0.1, 0.15) is 22.4 Å². The summed E-state index contributed by atoms with van der Waals surface area (Å²) < 4.78 is 24.3. The molecule has 38 heavy (non-hydrogen) atoms. The third kappa shape index (κ3) is 3.60. The minimum Gasteiger partial charge on any atom is -0.365 e. The highest BCUT2D eigenvalue weighted by Crippen LogP contribution is 2.43. The largest absolute Gasteiger partial charge is 0.365 e. The first kappa shape index (κ1) is 24.8. The van der Waals surface area contributed by atoms with Crippen molar-refractivity contribution in [3.63, 3.8) is 0 Å².